The van der Waals surface area contributed by atoms with Gasteiger partial charge in [0, 0.05) is 43.9 Å². The molecule has 1 amide bonds. The van der Waals surface area contributed by atoms with Crippen molar-refractivity contribution in [3.05, 3.63) is 55.8 Å². The van der Waals surface area contributed by atoms with Crippen LogP contribution in [0.25, 0.3) is 0 Å². The molecule has 4 rings (SSSR count). The predicted octanol–water partition coefficient (Wildman–Crippen LogP) is 3.33. The van der Waals surface area contributed by atoms with Crippen molar-refractivity contribution in [2.24, 2.45) is 5.41 Å². The minimum atomic E-state index is -3.78. The molecule has 2 aliphatic rings. The van der Waals surface area contributed by atoms with Gasteiger partial charge in [0.25, 0.3) is 11.6 Å². The van der Waals surface area contributed by atoms with Crippen LogP contribution >= 0.6 is 11.3 Å². The zero-order chi connectivity index (χ0) is 25.4. The first-order chi connectivity index (χ1) is 16.4. The van der Waals surface area contributed by atoms with Crippen molar-refractivity contribution >= 4 is 38.8 Å². The molecule has 2 fully saturated rings. The highest BCUT2D eigenvalue weighted by Gasteiger charge is 2.41. The summed E-state index contributed by atoms with van der Waals surface area (Å²) in [4.78, 5) is 40.3. The number of carbonyl (C=O) groups excluding carboxylic acids is 2. The molecule has 0 radical (unpaired) electrons. The molecule has 0 N–H and O–H groups in total. The summed E-state index contributed by atoms with van der Waals surface area (Å²) < 4.78 is 28.4. The SMILES string of the molecule is CC(=O)c1ccc(C(=O)N2CCC3(CCN(Cc4cc([N+](=O)[O-])ccc4OS(C)(=O)=O)C3)CC2)s1. The topological polar surface area (TPSA) is 127 Å². The first kappa shape index (κ1) is 25.3. The maximum Gasteiger partial charge on any atom is 0.306 e. The van der Waals surface area contributed by atoms with Gasteiger partial charge in [-0.05, 0) is 56.3 Å². The highest BCUT2D eigenvalue weighted by atomic mass is 32.2. The van der Waals surface area contributed by atoms with Gasteiger partial charge in [0.05, 0.1) is 20.9 Å². The summed E-state index contributed by atoms with van der Waals surface area (Å²) in [6.45, 7) is 4.59. The van der Waals surface area contributed by atoms with Crippen LogP contribution in [0.15, 0.2) is 30.3 Å². The Morgan fingerprint density at radius 3 is 2.37 bits per heavy atom. The summed E-state index contributed by atoms with van der Waals surface area (Å²) in [5.41, 5.74) is 0.367. The minimum absolute atomic E-state index is 0.0370. The Hall–Kier alpha value is -2.83. The Balaban J connectivity index is 1.41. The number of piperidine rings is 1. The van der Waals surface area contributed by atoms with Crippen LogP contribution in [-0.2, 0) is 16.7 Å². The zero-order valence-electron chi connectivity index (χ0n) is 19.6. The monoisotopic (exact) mass is 521 g/mol. The van der Waals surface area contributed by atoms with E-state index in [1.165, 1.54) is 36.5 Å². The van der Waals surface area contributed by atoms with E-state index in [2.05, 4.69) is 4.90 Å². The molecular weight excluding hydrogens is 494 g/mol. The number of benzene rings is 1. The van der Waals surface area contributed by atoms with Gasteiger partial charge in [0.1, 0.15) is 5.75 Å². The third-order valence-electron chi connectivity index (χ3n) is 6.68. The van der Waals surface area contributed by atoms with Crippen LogP contribution in [0.1, 0.15) is 51.1 Å². The van der Waals surface area contributed by atoms with Gasteiger partial charge >= 0.3 is 10.1 Å². The van der Waals surface area contributed by atoms with Gasteiger partial charge in [-0.1, -0.05) is 0 Å². The first-order valence-electron chi connectivity index (χ1n) is 11.2. The van der Waals surface area contributed by atoms with Gasteiger partial charge in [0.2, 0.25) is 0 Å². The molecule has 1 aromatic heterocycles. The van der Waals surface area contributed by atoms with Crippen LogP contribution < -0.4 is 4.18 Å². The van der Waals surface area contributed by atoms with E-state index in [1.54, 1.807) is 12.1 Å². The quantitative estimate of drug-likeness (QED) is 0.235. The Labute approximate surface area is 207 Å². The molecular formula is C23H27N3O7S2. The number of hydrogen-bond acceptors (Lipinski definition) is 9. The highest BCUT2D eigenvalue weighted by molar-refractivity contribution is 7.86. The number of nitrogens with zero attached hydrogens (tertiary/aromatic N) is 3. The van der Waals surface area contributed by atoms with E-state index >= 15 is 0 Å². The van der Waals surface area contributed by atoms with Crippen molar-refractivity contribution < 1.29 is 27.1 Å². The molecule has 35 heavy (non-hydrogen) atoms. The normalized spacial score (nSPS) is 18.1. The van der Waals surface area contributed by atoms with Gasteiger partial charge in [-0.3, -0.25) is 24.6 Å². The number of rotatable bonds is 7. The average molecular weight is 522 g/mol. The van der Waals surface area contributed by atoms with Crippen LogP contribution in [0, 0.1) is 15.5 Å². The summed E-state index contributed by atoms with van der Waals surface area (Å²) in [6, 6.07) is 7.32. The fraction of sp³-hybridized carbons (Fsp3) is 0.478. The fourth-order valence-corrected chi connectivity index (χ4v) is 6.20. The van der Waals surface area contributed by atoms with Crippen LogP contribution in [0.5, 0.6) is 5.75 Å². The predicted molar refractivity (Wildman–Crippen MR) is 130 cm³/mol. The maximum atomic E-state index is 12.9. The molecule has 0 saturated carbocycles. The number of amides is 1. The number of ketones is 1. The average Bonchev–Trinajstić information content (AvgIpc) is 3.42. The molecule has 0 aliphatic carbocycles. The van der Waals surface area contributed by atoms with Crippen LogP contribution in [0.3, 0.4) is 0 Å². The lowest BCUT2D eigenvalue weighted by molar-refractivity contribution is -0.384. The molecule has 3 heterocycles. The standard InChI is InChI=1S/C23H27N3O7S2/c1-16(27)20-5-6-21(34-20)22(28)25-11-8-23(9-12-25)7-10-24(15-23)14-17-13-18(26(29)30)3-4-19(17)33-35(2,31)32/h3-6,13H,7-12,14-15H2,1-2H3. The summed E-state index contributed by atoms with van der Waals surface area (Å²) in [7, 11) is -3.78. The van der Waals surface area contributed by atoms with Gasteiger partial charge < -0.3 is 9.08 Å². The third-order valence-corrected chi connectivity index (χ3v) is 8.34. The van der Waals surface area contributed by atoms with E-state index in [-0.39, 0.29) is 28.5 Å². The summed E-state index contributed by atoms with van der Waals surface area (Å²) in [5.74, 6) is -0.00163. The van der Waals surface area contributed by atoms with Crippen molar-refractivity contribution in [1.82, 2.24) is 9.80 Å². The van der Waals surface area contributed by atoms with Crippen LogP contribution in [0.2, 0.25) is 0 Å². The second-order valence-corrected chi connectivity index (χ2v) is 12.0. The second kappa shape index (κ2) is 9.67. The van der Waals surface area contributed by atoms with Gasteiger partial charge in [-0.2, -0.15) is 8.42 Å². The van der Waals surface area contributed by atoms with E-state index in [0.717, 1.165) is 38.6 Å². The highest BCUT2D eigenvalue weighted by Crippen LogP contribution is 2.42. The van der Waals surface area contributed by atoms with E-state index in [9.17, 15) is 28.1 Å². The Kier molecular flexibility index (Phi) is 6.98. The number of Topliss-reactive ketones (excluding diaryl/α,β-unsaturated/α-hetero) is 1. The molecule has 2 aromatic rings. The number of nitro groups is 1. The zero-order valence-corrected chi connectivity index (χ0v) is 21.2. The van der Waals surface area contributed by atoms with Crippen molar-refractivity contribution in [2.45, 2.75) is 32.7 Å². The minimum Gasteiger partial charge on any atom is -0.382 e. The summed E-state index contributed by atoms with van der Waals surface area (Å²) >= 11 is 1.22. The lowest BCUT2D eigenvalue weighted by Crippen LogP contribution is -2.44. The maximum absolute atomic E-state index is 12.9. The number of nitro benzene ring substituents is 1. The summed E-state index contributed by atoms with van der Waals surface area (Å²) in [5, 5.41) is 11.2. The van der Waals surface area contributed by atoms with Crippen LogP contribution in [0.4, 0.5) is 5.69 Å². The Morgan fingerprint density at radius 2 is 1.77 bits per heavy atom. The lowest BCUT2D eigenvalue weighted by atomic mass is 9.77. The smallest absolute Gasteiger partial charge is 0.306 e. The summed E-state index contributed by atoms with van der Waals surface area (Å²) in [6.07, 6.45) is 3.54. The molecule has 2 aliphatic heterocycles. The van der Waals surface area contributed by atoms with Crippen molar-refractivity contribution in [2.75, 3.05) is 32.4 Å². The largest absolute Gasteiger partial charge is 0.382 e. The molecule has 10 nitrogen and oxygen atoms in total. The first-order valence-corrected chi connectivity index (χ1v) is 13.9. The molecule has 0 bridgehead atoms. The van der Waals surface area contributed by atoms with Crippen molar-refractivity contribution in [3.63, 3.8) is 0 Å². The second-order valence-electron chi connectivity index (χ2n) is 9.31. The number of likely N-dealkylation sites (tertiary alicyclic amines) is 2. The number of non-ortho nitro benzene ring substituents is 1. The van der Waals surface area contributed by atoms with Crippen molar-refractivity contribution in [1.29, 1.82) is 0 Å². The van der Waals surface area contributed by atoms with Gasteiger partial charge in [0.15, 0.2) is 5.78 Å². The Bertz CT molecular complexity index is 1260. The van der Waals surface area contributed by atoms with Gasteiger partial charge in [-0.15, -0.1) is 11.3 Å². The number of thiophene rings is 1. The lowest BCUT2D eigenvalue weighted by Gasteiger charge is -2.39. The molecule has 1 spiro atoms. The van der Waals surface area contributed by atoms with Crippen molar-refractivity contribution in [3.8, 4) is 5.75 Å². The van der Waals surface area contributed by atoms with E-state index in [4.69, 9.17) is 4.18 Å². The van der Waals surface area contributed by atoms with E-state index in [0.29, 0.717) is 35.0 Å². The third kappa shape index (κ3) is 5.88. The fourth-order valence-electron chi connectivity index (χ4n) is 4.84. The van der Waals surface area contributed by atoms with Crippen LogP contribution in [-0.4, -0.2) is 67.3 Å². The number of hydrogen-bond donors (Lipinski definition) is 0. The molecule has 0 unspecified atom stereocenters. The van der Waals surface area contributed by atoms with Gasteiger partial charge in [-0.25, -0.2) is 0 Å². The Morgan fingerprint density at radius 1 is 1.11 bits per heavy atom. The number of carbonyl (C=O) groups is 2. The molecule has 188 valence electrons. The van der Waals surface area contributed by atoms with E-state index in [1.807, 2.05) is 4.90 Å². The van der Waals surface area contributed by atoms with E-state index < -0.39 is 15.0 Å². The molecule has 12 heteroatoms. The molecule has 0 atom stereocenters. The molecule has 1 aromatic carbocycles. The molecule has 2 saturated heterocycles.